The van der Waals surface area contributed by atoms with E-state index >= 15 is 0 Å². The Kier molecular flexibility index (Phi) is 6.05. The van der Waals surface area contributed by atoms with Gasteiger partial charge in [0.1, 0.15) is 0 Å². The minimum Gasteiger partial charge on any atom is -0.383 e. The Balaban J connectivity index is 2.39. The van der Waals surface area contributed by atoms with Crippen molar-refractivity contribution in [3.63, 3.8) is 0 Å². The molecule has 0 unspecified atom stereocenters. The number of rotatable bonds is 8. The fourth-order valence-corrected chi connectivity index (χ4v) is 4.37. The second-order valence-corrected chi connectivity index (χ2v) is 8.09. The number of hydrogen-bond donors (Lipinski definition) is 0. The van der Waals surface area contributed by atoms with Gasteiger partial charge >= 0.3 is 0 Å². The molecule has 0 saturated carbocycles. The Morgan fingerprint density at radius 2 is 2.08 bits per heavy atom. The fourth-order valence-electron chi connectivity index (χ4n) is 2.15. The molecule has 0 bridgehead atoms. The molecule has 1 heterocycles. The average molecular weight is 370 g/mol. The number of thiophene rings is 1. The fraction of sp³-hybridized carbons (Fsp3) is 0.333. The van der Waals surface area contributed by atoms with Gasteiger partial charge in [-0.2, -0.15) is 4.31 Å². The zero-order valence-electron chi connectivity index (χ0n) is 13.3. The van der Waals surface area contributed by atoms with Crippen LogP contribution in [0.15, 0.2) is 40.6 Å². The van der Waals surface area contributed by atoms with Gasteiger partial charge in [-0.05, 0) is 24.4 Å². The van der Waals surface area contributed by atoms with E-state index in [2.05, 4.69) is 0 Å². The molecule has 2 rings (SSSR count). The number of benzene rings is 1. The van der Waals surface area contributed by atoms with Crippen LogP contribution in [-0.4, -0.2) is 37.9 Å². The van der Waals surface area contributed by atoms with E-state index in [1.54, 1.807) is 6.92 Å². The summed E-state index contributed by atoms with van der Waals surface area (Å²) >= 11 is 1.45. The van der Waals surface area contributed by atoms with Crippen molar-refractivity contribution < 1.29 is 18.1 Å². The number of nitro groups is 1. The van der Waals surface area contributed by atoms with E-state index in [1.165, 1.54) is 34.9 Å². The Hall–Kier alpha value is -1.81. The molecule has 7 nitrogen and oxygen atoms in total. The van der Waals surface area contributed by atoms with Crippen LogP contribution in [0.2, 0.25) is 0 Å². The van der Waals surface area contributed by atoms with E-state index < -0.39 is 14.9 Å². The van der Waals surface area contributed by atoms with Gasteiger partial charge < -0.3 is 4.74 Å². The summed E-state index contributed by atoms with van der Waals surface area (Å²) in [4.78, 5) is 11.3. The number of methoxy groups -OCH3 is 1. The summed E-state index contributed by atoms with van der Waals surface area (Å²) in [6.07, 6.45) is 0. The van der Waals surface area contributed by atoms with E-state index in [0.717, 1.165) is 10.9 Å². The van der Waals surface area contributed by atoms with Crippen LogP contribution in [0.1, 0.15) is 10.4 Å². The first kappa shape index (κ1) is 18.5. The van der Waals surface area contributed by atoms with Crippen molar-refractivity contribution in [1.82, 2.24) is 4.31 Å². The SMILES string of the molecule is COCCN(Cc1cccs1)S(=O)(=O)c1ccc(C)c([N+](=O)[O-])c1. The van der Waals surface area contributed by atoms with Crippen molar-refractivity contribution in [2.75, 3.05) is 20.3 Å². The molecule has 0 saturated heterocycles. The monoisotopic (exact) mass is 370 g/mol. The maximum absolute atomic E-state index is 12.9. The Morgan fingerprint density at radius 3 is 2.67 bits per heavy atom. The molecule has 0 aliphatic carbocycles. The molecular weight excluding hydrogens is 352 g/mol. The summed E-state index contributed by atoms with van der Waals surface area (Å²) in [6, 6.07) is 7.64. The number of sulfonamides is 1. The van der Waals surface area contributed by atoms with E-state index in [1.807, 2.05) is 17.5 Å². The lowest BCUT2D eigenvalue weighted by Gasteiger charge is -2.21. The van der Waals surface area contributed by atoms with Crippen molar-refractivity contribution in [2.45, 2.75) is 18.4 Å². The second kappa shape index (κ2) is 7.84. The molecule has 0 spiro atoms. The molecule has 9 heteroatoms. The minimum absolute atomic E-state index is 0.0903. The van der Waals surface area contributed by atoms with E-state index in [0.29, 0.717) is 5.56 Å². The number of ether oxygens (including phenoxy) is 1. The first-order chi connectivity index (χ1) is 11.4. The van der Waals surface area contributed by atoms with Crippen LogP contribution >= 0.6 is 11.3 Å². The highest BCUT2D eigenvalue weighted by molar-refractivity contribution is 7.89. The number of nitrogens with zero attached hydrogens (tertiary/aromatic N) is 2. The van der Waals surface area contributed by atoms with Crippen molar-refractivity contribution in [3.8, 4) is 0 Å². The van der Waals surface area contributed by atoms with Crippen LogP contribution in [0.5, 0.6) is 0 Å². The van der Waals surface area contributed by atoms with Gasteiger partial charge in [0.25, 0.3) is 5.69 Å². The molecule has 0 atom stereocenters. The molecule has 0 fully saturated rings. The molecule has 1 aromatic heterocycles. The van der Waals surface area contributed by atoms with Crippen LogP contribution in [0.4, 0.5) is 5.69 Å². The van der Waals surface area contributed by atoms with Gasteiger partial charge in [0.15, 0.2) is 0 Å². The molecule has 0 N–H and O–H groups in total. The van der Waals surface area contributed by atoms with Crippen molar-refractivity contribution >= 4 is 27.0 Å². The molecule has 0 amide bonds. The predicted molar refractivity (Wildman–Crippen MR) is 91.6 cm³/mol. The molecular formula is C15H18N2O5S2. The van der Waals surface area contributed by atoms with Gasteiger partial charge in [-0.3, -0.25) is 10.1 Å². The predicted octanol–water partition coefficient (Wildman–Crippen LogP) is 2.80. The standard InChI is InChI=1S/C15H18N2O5S2/c1-12-5-6-14(10-15(12)17(18)19)24(20,21)16(7-8-22-2)11-13-4-3-9-23-13/h3-6,9-10H,7-8,11H2,1-2H3. The van der Waals surface area contributed by atoms with Gasteiger partial charge in [0, 0.05) is 36.7 Å². The highest BCUT2D eigenvalue weighted by atomic mass is 32.2. The van der Waals surface area contributed by atoms with E-state index in [-0.39, 0.29) is 30.3 Å². The zero-order chi connectivity index (χ0) is 17.7. The average Bonchev–Trinajstić information content (AvgIpc) is 3.04. The molecule has 130 valence electrons. The zero-order valence-corrected chi connectivity index (χ0v) is 15.0. The summed E-state index contributed by atoms with van der Waals surface area (Å²) in [6.45, 7) is 2.17. The first-order valence-electron chi connectivity index (χ1n) is 7.12. The van der Waals surface area contributed by atoms with Gasteiger partial charge in [-0.1, -0.05) is 12.1 Å². The van der Waals surface area contributed by atoms with Crippen LogP contribution in [0, 0.1) is 17.0 Å². The van der Waals surface area contributed by atoms with E-state index in [4.69, 9.17) is 4.74 Å². The van der Waals surface area contributed by atoms with Gasteiger partial charge in [0.2, 0.25) is 10.0 Å². The van der Waals surface area contributed by atoms with Crippen molar-refractivity contribution in [1.29, 1.82) is 0 Å². The molecule has 0 aliphatic heterocycles. The summed E-state index contributed by atoms with van der Waals surface area (Å²) < 4.78 is 32.1. The van der Waals surface area contributed by atoms with Crippen molar-refractivity contribution in [3.05, 3.63) is 56.3 Å². The summed E-state index contributed by atoms with van der Waals surface area (Å²) in [5, 5.41) is 12.9. The number of nitro benzene ring substituents is 1. The van der Waals surface area contributed by atoms with Gasteiger partial charge in [-0.25, -0.2) is 8.42 Å². The van der Waals surface area contributed by atoms with Gasteiger partial charge in [0.05, 0.1) is 16.4 Å². The smallest absolute Gasteiger partial charge is 0.273 e. The topological polar surface area (TPSA) is 89.8 Å². The normalized spacial score (nSPS) is 11.8. The lowest BCUT2D eigenvalue weighted by atomic mass is 10.2. The van der Waals surface area contributed by atoms with Crippen LogP contribution in [0.25, 0.3) is 0 Å². The highest BCUT2D eigenvalue weighted by Gasteiger charge is 2.27. The summed E-state index contributed by atoms with van der Waals surface area (Å²) in [5.74, 6) is 0. The molecule has 1 aromatic carbocycles. The third-order valence-electron chi connectivity index (χ3n) is 3.47. The van der Waals surface area contributed by atoms with Crippen molar-refractivity contribution in [2.24, 2.45) is 0 Å². The maximum atomic E-state index is 12.9. The maximum Gasteiger partial charge on any atom is 0.273 e. The van der Waals surface area contributed by atoms with E-state index in [9.17, 15) is 18.5 Å². The number of hydrogen-bond acceptors (Lipinski definition) is 6. The van der Waals surface area contributed by atoms with Crippen LogP contribution in [0.3, 0.4) is 0 Å². The highest BCUT2D eigenvalue weighted by Crippen LogP contribution is 2.26. The Morgan fingerprint density at radius 1 is 1.33 bits per heavy atom. The Bertz CT molecular complexity index is 803. The largest absolute Gasteiger partial charge is 0.383 e. The quantitative estimate of drug-likeness (QED) is 0.526. The van der Waals surface area contributed by atoms with Gasteiger partial charge in [-0.15, -0.1) is 11.3 Å². The lowest BCUT2D eigenvalue weighted by molar-refractivity contribution is -0.385. The summed E-state index contributed by atoms with van der Waals surface area (Å²) in [5.41, 5.74) is 0.208. The third-order valence-corrected chi connectivity index (χ3v) is 6.17. The molecule has 2 aromatic rings. The Labute approximate surface area is 144 Å². The number of aryl methyl sites for hydroxylation is 1. The molecule has 0 radical (unpaired) electrons. The molecule has 24 heavy (non-hydrogen) atoms. The minimum atomic E-state index is -3.87. The third kappa shape index (κ3) is 4.18. The van der Waals surface area contributed by atoms with Crippen LogP contribution < -0.4 is 0 Å². The summed E-state index contributed by atoms with van der Waals surface area (Å²) in [7, 11) is -2.37. The van der Waals surface area contributed by atoms with Crippen LogP contribution in [-0.2, 0) is 21.3 Å². The lowest BCUT2D eigenvalue weighted by Crippen LogP contribution is -2.33. The second-order valence-electron chi connectivity index (χ2n) is 5.12. The first-order valence-corrected chi connectivity index (χ1v) is 9.44. The molecule has 0 aliphatic rings.